The topological polar surface area (TPSA) is 55.6 Å². The van der Waals surface area contributed by atoms with Crippen molar-refractivity contribution < 1.29 is 9.53 Å². The van der Waals surface area contributed by atoms with E-state index in [1.165, 1.54) is 0 Å². The molecule has 1 aromatic carbocycles. The molecule has 0 radical (unpaired) electrons. The molecule has 1 aliphatic heterocycles. The fourth-order valence-electron chi connectivity index (χ4n) is 2.58. The molecule has 1 atom stereocenters. The summed E-state index contributed by atoms with van der Waals surface area (Å²) in [5.41, 5.74) is 6.56. The Morgan fingerprint density at radius 2 is 2.10 bits per heavy atom. The maximum Gasteiger partial charge on any atom is 0.233 e. The van der Waals surface area contributed by atoms with Crippen molar-refractivity contribution in [2.24, 2.45) is 11.7 Å². The number of hydrogen-bond acceptors (Lipinski definition) is 3. The quantitative estimate of drug-likeness (QED) is 0.861. The lowest BCUT2D eigenvalue weighted by molar-refractivity contribution is -0.147. The van der Waals surface area contributed by atoms with Gasteiger partial charge in [-0.05, 0) is 25.8 Å². The Kier molecular flexibility index (Phi) is 4.96. The number of ether oxygens (including phenoxy) is 1. The van der Waals surface area contributed by atoms with Gasteiger partial charge < -0.3 is 15.4 Å². The van der Waals surface area contributed by atoms with Crippen LogP contribution in [0.1, 0.15) is 19.4 Å². The minimum absolute atomic E-state index is 0.00253. The minimum atomic E-state index is -0.448. The molecule has 5 heteroatoms. The molecule has 2 N–H and O–H groups in total. The van der Waals surface area contributed by atoms with Gasteiger partial charge in [0, 0.05) is 13.1 Å². The molecule has 21 heavy (non-hydrogen) atoms. The molecule has 0 saturated carbocycles. The van der Waals surface area contributed by atoms with E-state index in [4.69, 9.17) is 22.7 Å². The van der Waals surface area contributed by atoms with Crippen LogP contribution in [0.2, 0.25) is 0 Å². The van der Waals surface area contributed by atoms with Crippen LogP contribution in [0, 0.1) is 5.92 Å². The highest BCUT2D eigenvalue weighted by Gasteiger charge is 2.34. The van der Waals surface area contributed by atoms with Gasteiger partial charge in [0.1, 0.15) is 0 Å². The fraction of sp³-hybridized carbons (Fsp3) is 0.500. The van der Waals surface area contributed by atoms with Crippen LogP contribution < -0.4 is 5.73 Å². The summed E-state index contributed by atoms with van der Waals surface area (Å²) in [6.07, 6.45) is 0.548. The van der Waals surface area contributed by atoms with Gasteiger partial charge in [-0.2, -0.15) is 0 Å². The number of rotatable bonds is 4. The number of morpholine rings is 1. The van der Waals surface area contributed by atoms with Gasteiger partial charge in [-0.15, -0.1) is 0 Å². The van der Waals surface area contributed by atoms with Crippen LogP contribution in [0.4, 0.5) is 0 Å². The lowest BCUT2D eigenvalue weighted by Gasteiger charge is -2.39. The van der Waals surface area contributed by atoms with E-state index in [2.05, 4.69) is 0 Å². The molecular formula is C16H22N2O2S. The molecule has 4 nitrogen and oxygen atoms in total. The molecule has 1 amide bonds. The normalized spacial score (nSPS) is 19.0. The minimum Gasteiger partial charge on any atom is -0.393 e. The second-order valence-electron chi connectivity index (χ2n) is 6.01. The highest BCUT2D eigenvalue weighted by Crippen LogP contribution is 2.20. The van der Waals surface area contributed by atoms with Gasteiger partial charge in [0.25, 0.3) is 0 Å². The molecule has 1 aliphatic rings. The third kappa shape index (κ3) is 4.25. The number of carbonyl (C=O) groups is 1. The van der Waals surface area contributed by atoms with Gasteiger partial charge in [-0.1, -0.05) is 42.5 Å². The number of amides is 1. The SMILES string of the molecule is CC1(C)CN(C(=O)C(Cc2ccccc2)C(N)=S)CCO1. The van der Waals surface area contributed by atoms with E-state index in [1.807, 2.05) is 49.1 Å². The Morgan fingerprint density at radius 3 is 2.67 bits per heavy atom. The zero-order chi connectivity index (χ0) is 15.5. The van der Waals surface area contributed by atoms with Crippen molar-refractivity contribution in [3.05, 3.63) is 35.9 Å². The van der Waals surface area contributed by atoms with E-state index < -0.39 is 5.92 Å². The number of benzene rings is 1. The lowest BCUT2D eigenvalue weighted by atomic mass is 9.96. The van der Waals surface area contributed by atoms with Crippen LogP contribution in [0.3, 0.4) is 0 Å². The molecule has 1 aromatic rings. The van der Waals surface area contributed by atoms with Crippen molar-refractivity contribution in [3.63, 3.8) is 0 Å². The third-order valence-electron chi connectivity index (χ3n) is 3.66. The van der Waals surface area contributed by atoms with Crippen LogP contribution in [0.5, 0.6) is 0 Å². The van der Waals surface area contributed by atoms with Crippen LogP contribution in [-0.4, -0.2) is 41.1 Å². The first-order valence-electron chi connectivity index (χ1n) is 7.15. The van der Waals surface area contributed by atoms with Gasteiger partial charge >= 0.3 is 0 Å². The van der Waals surface area contributed by atoms with Crippen molar-refractivity contribution in [1.29, 1.82) is 0 Å². The average molecular weight is 306 g/mol. The summed E-state index contributed by atoms with van der Waals surface area (Å²) in [6.45, 7) is 5.68. The summed E-state index contributed by atoms with van der Waals surface area (Å²) in [5.74, 6) is -0.445. The molecule has 114 valence electrons. The highest BCUT2D eigenvalue weighted by atomic mass is 32.1. The van der Waals surface area contributed by atoms with Crippen LogP contribution in [-0.2, 0) is 16.0 Å². The molecule has 0 bridgehead atoms. The number of nitrogens with two attached hydrogens (primary N) is 1. The Bertz CT molecular complexity index is 516. The van der Waals surface area contributed by atoms with Gasteiger partial charge in [0.05, 0.1) is 23.1 Å². The first-order chi connectivity index (χ1) is 9.89. The van der Waals surface area contributed by atoms with Crippen LogP contribution >= 0.6 is 12.2 Å². The average Bonchev–Trinajstić information content (AvgIpc) is 2.44. The van der Waals surface area contributed by atoms with Crippen molar-refractivity contribution in [2.75, 3.05) is 19.7 Å². The zero-order valence-corrected chi connectivity index (χ0v) is 13.4. The summed E-state index contributed by atoms with van der Waals surface area (Å²) in [6, 6.07) is 9.83. The van der Waals surface area contributed by atoms with Crippen LogP contribution in [0.15, 0.2) is 30.3 Å². The number of carbonyl (C=O) groups excluding carboxylic acids is 1. The molecule has 1 fully saturated rings. The molecule has 1 heterocycles. The number of thiocarbonyl (C=S) groups is 1. The van der Waals surface area contributed by atoms with Gasteiger partial charge in [-0.3, -0.25) is 4.79 Å². The molecule has 2 rings (SSSR count). The van der Waals surface area contributed by atoms with Crippen LogP contribution in [0.25, 0.3) is 0 Å². The summed E-state index contributed by atoms with van der Waals surface area (Å²) >= 11 is 5.12. The van der Waals surface area contributed by atoms with Gasteiger partial charge in [0.15, 0.2) is 0 Å². The largest absolute Gasteiger partial charge is 0.393 e. The zero-order valence-electron chi connectivity index (χ0n) is 12.5. The van der Waals surface area contributed by atoms with E-state index in [0.29, 0.717) is 26.1 Å². The first-order valence-corrected chi connectivity index (χ1v) is 7.56. The fourth-order valence-corrected chi connectivity index (χ4v) is 2.77. The monoisotopic (exact) mass is 306 g/mol. The second kappa shape index (κ2) is 6.54. The predicted molar refractivity (Wildman–Crippen MR) is 87.0 cm³/mol. The van der Waals surface area contributed by atoms with Crippen molar-refractivity contribution in [1.82, 2.24) is 4.90 Å². The van der Waals surface area contributed by atoms with Crippen molar-refractivity contribution in [2.45, 2.75) is 25.9 Å². The maximum atomic E-state index is 12.7. The lowest BCUT2D eigenvalue weighted by Crippen LogP contribution is -2.53. The van der Waals surface area contributed by atoms with Gasteiger partial charge in [-0.25, -0.2) is 0 Å². The smallest absolute Gasteiger partial charge is 0.233 e. The Hall–Kier alpha value is -1.46. The van der Waals surface area contributed by atoms with E-state index in [1.54, 1.807) is 0 Å². The summed E-state index contributed by atoms with van der Waals surface area (Å²) in [5, 5.41) is 0. The summed E-state index contributed by atoms with van der Waals surface area (Å²) in [4.78, 5) is 14.8. The van der Waals surface area contributed by atoms with Gasteiger partial charge in [0.2, 0.25) is 5.91 Å². The van der Waals surface area contributed by atoms with E-state index in [-0.39, 0.29) is 16.5 Å². The molecule has 1 saturated heterocycles. The number of nitrogens with zero attached hydrogens (tertiary/aromatic N) is 1. The van der Waals surface area contributed by atoms with E-state index in [9.17, 15) is 4.79 Å². The van der Waals surface area contributed by atoms with E-state index in [0.717, 1.165) is 5.56 Å². The number of hydrogen-bond donors (Lipinski definition) is 1. The van der Waals surface area contributed by atoms with Crippen molar-refractivity contribution >= 4 is 23.1 Å². The standard InChI is InChI=1S/C16H22N2O2S/c1-16(2)11-18(8-9-20-16)15(19)13(14(17)21)10-12-6-4-3-5-7-12/h3-7,13H,8-11H2,1-2H3,(H2,17,21). The summed E-state index contributed by atoms with van der Waals surface area (Å²) < 4.78 is 5.65. The van der Waals surface area contributed by atoms with E-state index >= 15 is 0 Å². The molecule has 0 spiro atoms. The Morgan fingerprint density at radius 1 is 1.43 bits per heavy atom. The summed E-state index contributed by atoms with van der Waals surface area (Å²) in [7, 11) is 0. The Labute approximate surface area is 131 Å². The molecule has 0 aromatic heterocycles. The molecule has 1 unspecified atom stereocenters. The first kappa shape index (κ1) is 15.9. The van der Waals surface area contributed by atoms with Crippen molar-refractivity contribution in [3.8, 4) is 0 Å². The second-order valence-corrected chi connectivity index (χ2v) is 6.48. The Balaban J connectivity index is 2.11. The highest BCUT2D eigenvalue weighted by molar-refractivity contribution is 7.80. The maximum absolute atomic E-state index is 12.7. The molecule has 0 aliphatic carbocycles. The third-order valence-corrected chi connectivity index (χ3v) is 3.95. The molecular weight excluding hydrogens is 284 g/mol. The predicted octanol–water partition coefficient (Wildman–Crippen LogP) is 1.77.